The molecule has 1 aliphatic heterocycles. The lowest BCUT2D eigenvalue weighted by Crippen LogP contribution is -1.99. The average molecular weight is 295 g/mol. The molecule has 0 spiro atoms. The van der Waals surface area contributed by atoms with E-state index in [4.69, 9.17) is 4.74 Å². The van der Waals surface area contributed by atoms with E-state index in [0.717, 1.165) is 11.1 Å². The molecule has 0 atom stereocenters. The third-order valence-corrected chi connectivity index (χ3v) is 3.70. The molecule has 0 saturated carbocycles. The molecule has 2 aromatic carbocycles. The van der Waals surface area contributed by atoms with Gasteiger partial charge in [-0.3, -0.25) is 14.9 Å². The van der Waals surface area contributed by atoms with Crippen LogP contribution in [0.15, 0.2) is 42.2 Å². The third-order valence-electron chi connectivity index (χ3n) is 3.70. The fourth-order valence-corrected chi connectivity index (χ4v) is 2.36. The van der Waals surface area contributed by atoms with Crippen molar-refractivity contribution >= 4 is 17.5 Å². The van der Waals surface area contributed by atoms with Crippen LogP contribution in [0.3, 0.4) is 0 Å². The van der Waals surface area contributed by atoms with E-state index in [1.165, 1.54) is 12.1 Å². The van der Waals surface area contributed by atoms with E-state index in [-0.39, 0.29) is 17.2 Å². The summed E-state index contributed by atoms with van der Waals surface area (Å²) >= 11 is 0. The molecular formula is C17H13NO4. The number of aryl methyl sites for hydroxylation is 2. The zero-order valence-corrected chi connectivity index (χ0v) is 12.1. The van der Waals surface area contributed by atoms with Crippen LogP contribution in [0, 0.1) is 24.0 Å². The molecule has 2 aromatic rings. The van der Waals surface area contributed by atoms with Gasteiger partial charge in [-0.2, -0.15) is 0 Å². The van der Waals surface area contributed by atoms with Crippen molar-refractivity contribution in [2.75, 3.05) is 0 Å². The summed E-state index contributed by atoms with van der Waals surface area (Å²) in [6.45, 7) is 3.86. The second kappa shape index (κ2) is 5.11. The number of ether oxygens (including phenoxy) is 1. The SMILES string of the molecule is Cc1cc2c(cc1C)C(=O)/C(=C/c1ccccc1[N+](=O)[O-])O2. The van der Waals surface area contributed by atoms with Gasteiger partial charge in [-0.1, -0.05) is 12.1 Å². The summed E-state index contributed by atoms with van der Waals surface area (Å²) in [6.07, 6.45) is 1.42. The number of Topliss-reactive ketones (excluding diaryl/α,β-unsaturated/α-hetero) is 1. The van der Waals surface area contributed by atoms with Crippen molar-refractivity contribution in [2.24, 2.45) is 0 Å². The van der Waals surface area contributed by atoms with E-state index in [1.807, 2.05) is 19.9 Å². The quantitative estimate of drug-likeness (QED) is 0.479. The molecule has 0 saturated heterocycles. The fourth-order valence-electron chi connectivity index (χ4n) is 2.36. The highest BCUT2D eigenvalue weighted by molar-refractivity contribution is 6.14. The highest BCUT2D eigenvalue weighted by Gasteiger charge is 2.28. The molecule has 0 N–H and O–H groups in total. The van der Waals surface area contributed by atoms with Gasteiger partial charge in [-0.05, 0) is 49.2 Å². The predicted octanol–water partition coefficient (Wildman–Crippen LogP) is 3.83. The molecule has 0 aromatic heterocycles. The number of rotatable bonds is 2. The number of nitro benzene ring substituents is 1. The smallest absolute Gasteiger partial charge is 0.276 e. The Balaban J connectivity index is 2.05. The minimum absolute atomic E-state index is 0.0604. The van der Waals surface area contributed by atoms with Gasteiger partial charge in [0, 0.05) is 6.07 Å². The summed E-state index contributed by atoms with van der Waals surface area (Å²) in [6, 6.07) is 9.84. The highest BCUT2D eigenvalue weighted by atomic mass is 16.6. The Kier molecular flexibility index (Phi) is 3.25. The summed E-state index contributed by atoms with van der Waals surface area (Å²) in [5.74, 6) is 0.350. The van der Waals surface area contributed by atoms with Crippen LogP contribution in [0.4, 0.5) is 5.69 Å². The molecule has 5 nitrogen and oxygen atoms in total. The molecule has 3 rings (SSSR count). The van der Waals surface area contributed by atoms with Gasteiger partial charge in [0.05, 0.1) is 16.1 Å². The maximum absolute atomic E-state index is 12.4. The molecular weight excluding hydrogens is 282 g/mol. The van der Waals surface area contributed by atoms with Gasteiger partial charge < -0.3 is 4.74 Å². The molecule has 110 valence electrons. The number of hydrogen-bond donors (Lipinski definition) is 0. The summed E-state index contributed by atoms with van der Waals surface area (Å²) in [4.78, 5) is 22.9. The van der Waals surface area contributed by atoms with E-state index in [9.17, 15) is 14.9 Å². The third kappa shape index (κ3) is 2.26. The molecule has 0 aliphatic carbocycles. The van der Waals surface area contributed by atoms with Gasteiger partial charge in [0.2, 0.25) is 5.78 Å². The second-order valence-corrected chi connectivity index (χ2v) is 5.19. The average Bonchev–Trinajstić information content (AvgIpc) is 2.76. The van der Waals surface area contributed by atoms with E-state index >= 15 is 0 Å². The summed E-state index contributed by atoms with van der Waals surface area (Å²) in [7, 11) is 0. The van der Waals surface area contributed by atoms with Crippen LogP contribution in [0.25, 0.3) is 6.08 Å². The maximum atomic E-state index is 12.4. The molecule has 0 unspecified atom stereocenters. The van der Waals surface area contributed by atoms with E-state index in [2.05, 4.69) is 0 Å². The van der Waals surface area contributed by atoms with Crippen molar-refractivity contribution < 1.29 is 14.5 Å². The summed E-state index contributed by atoms with van der Waals surface area (Å²) < 4.78 is 5.58. The van der Waals surface area contributed by atoms with Crippen molar-refractivity contribution in [2.45, 2.75) is 13.8 Å². The van der Waals surface area contributed by atoms with Gasteiger partial charge in [0.25, 0.3) is 5.69 Å². The van der Waals surface area contributed by atoms with Crippen LogP contribution >= 0.6 is 0 Å². The van der Waals surface area contributed by atoms with E-state index in [1.54, 1.807) is 24.3 Å². The van der Waals surface area contributed by atoms with Crippen molar-refractivity contribution in [3.05, 3.63) is 74.5 Å². The Labute approximate surface area is 127 Å². The number of fused-ring (bicyclic) bond motifs is 1. The molecule has 0 amide bonds. The lowest BCUT2D eigenvalue weighted by molar-refractivity contribution is -0.385. The number of carbonyl (C=O) groups excluding carboxylic acids is 1. The molecule has 22 heavy (non-hydrogen) atoms. The first kappa shape index (κ1) is 14.0. The molecule has 0 bridgehead atoms. The zero-order valence-electron chi connectivity index (χ0n) is 12.1. The summed E-state index contributed by atoms with van der Waals surface area (Å²) in [5.41, 5.74) is 2.81. The van der Waals surface area contributed by atoms with Gasteiger partial charge in [0.15, 0.2) is 5.76 Å². The Hall–Kier alpha value is -2.95. The number of ketones is 1. The normalized spacial score (nSPS) is 14.8. The number of nitro groups is 1. The minimum atomic E-state index is -0.479. The van der Waals surface area contributed by atoms with Crippen LogP contribution in [0.2, 0.25) is 0 Å². The standard InChI is InChI=1S/C17H13NO4/c1-10-7-13-15(8-11(10)2)22-16(17(13)19)9-12-5-3-4-6-14(12)18(20)21/h3-9H,1-2H3/b16-9-. The number of para-hydroxylation sites is 1. The topological polar surface area (TPSA) is 69.4 Å². The number of allylic oxidation sites excluding steroid dienone is 1. The Morgan fingerprint density at radius 3 is 2.55 bits per heavy atom. The second-order valence-electron chi connectivity index (χ2n) is 5.19. The highest BCUT2D eigenvalue weighted by Crippen LogP contribution is 2.34. The van der Waals surface area contributed by atoms with Crippen LogP contribution in [-0.2, 0) is 0 Å². The predicted molar refractivity (Wildman–Crippen MR) is 81.9 cm³/mol. The number of benzene rings is 2. The van der Waals surface area contributed by atoms with E-state index < -0.39 is 4.92 Å². The Morgan fingerprint density at radius 2 is 1.82 bits per heavy atom. The number of carbonyl (C=O) groups is 1. The monoisotopic (exact) mass is 295 g/mol. The van der Waals surface area contributed by atoms with Crippen molar-refractivity contribution in [1.29, 1.82) is 0 Å². The Bertz CT molecular complexity index is 837. The van der Waals surface area contributed by atoms with Gasteiger partial charge in [0.1, 0.15) is 5.75 Å². The van der Waals surface area contributed by atoms with Gasteiger partial charge in [-0.15, -0.1) is 0 Å². The molecule has 0 radical (unpaired) electrons. The first-order valence-corrected chi connectivity index (χ1v) is 6.76. The first-order chi connectivity index (χ1) is 10.5. The number of hydrogen-bond acceptors (Lipinski definition) is 4. The van der Waals surface area contributed by atoms with Crippen molar-refractivity contribution in [3.63, 3.8) is 0 Å². The van der Waals surface area contributed by atoms with Crippen molar-refractivity contribution in [1.82, 2.24) is 0 Å². The summed E-state index contributed by atoms with van der Waals surface area (Å²) in [5, 5.41) is 11.0. The minimum Gasteiger partial charge on any atom is -0.452 e. The van der Waals surface area contributed by atoms with Gasteiger partial charge >= 0.3 is 0 Å². The fraction of sp³-hybridized carbons (Fsp3) is 0.118. The Morgan fingerprint density at radius 1 is 1.14 bits per heavy atom. The van der Waals surface area contributed by atoms with Crippen LogP contribution < -0.4 is 4.74 Å². The van der Waals surface area contributed by atoms with Crippen molar-refractivity contribution in [3.8, 4) is 5.75 Å². The van der Waals surface area contributed by atoms with Crippen LogP contribution in [-0.4, -0.2) is 10.7 Å². The molecule has 1 aliphatic rings. The van der Waals surface area contributed by atoms with Crippen LogP contribution in [0.1, 0.15) is 27.0 Å². The molecule has 0 fully saturated rings. The first-order valence-electron chi connectivity index (χ1n) is 6.76. The van der Waals surface area contributed by atoms with Gasteiger partial charge in [-0.25, -0.2) is 0 Å². The zero-order chi connectivity index (χ0) is 15.9. The largest absolute Gasteiger partial charge is 0.452 e. The number of nitrogens with zero attached hydrogens (tertiary/aromatic N) is 1. The molecule has 5 heteroatoms. The van der Waals surface area contributed by atoms with Crippen LogP contribution in [0.5, 0.6) is 5.75 Å². The lowest BCUT2D eigenvalue weighted by Gasteiger charge is -2.02. The molecule has 1 heterocycles. The lowest BCUT2D eigenvalue weighted by atomic mass is 10.0. The maximum Gasteiger partial charge on any atom is 0.276 e. The van der Waals surface area contributed by atoms with E-state index in [0.29, 0.717) is 16.9 Å².